The summed E-state index contributed by atoms with van der Waals surface area (Å²) in [4.78, 5) is 11.6. The first-order chi connectivity index (χ1) is 7.54. The van der Waals surface area contributed by atoms with Gasteiger partial charge in [-0.15, -0.1) is 0 Å². The number of hydrogen-bond donors (Lipinski definition) is 1. The van der Waals surface area contributed by atoms with E-state index < -0.39 is 0 Å². The first-order valence-corrected chi connectivity index (χ1v) is 5.15. The maximum absolute atomic E-state index is 13.0. The second-order valence-electron chi connectivity index (χ2n) is 3.74. The molecule has 2 N–H and O–H groups in total. The Kier molecular flexibility index (Phi) is 4.58. The van der Waals surface area contributed by atoms with Gasteiger partial charge >= 0.3 is 0 Å². The second-order valence-corrected chi connectivity index (χ2v) is 3.74. The molecule has 1 atom stereocenters. The summed E-state index contributed by atoms with van der Waals surface area (Å²) in [5.74, 6) is -0.476. The molecular formula is C12H16FNO2. The van der Waals surface area contributed by atoms with Crippen LogP contribution in [0.1, 0.15) is 22.8 Å². The summed E-state index contributed by atoms with van der Waals surface area (Å²) in [6, 6.07) is 4.27. The van der Waals surface area contributed by atoms with Crippen LogP contribution in [0.5, 0.6) is 0 Å². The van der Waals surface area contributed by atoms with Crippen LogP contribution in [0, 0.1) is 12.7 Å². The summed E-state index contributed by atoms with van der Waals surface area (Å²) >= 11 is 0. The third kappa shape index (κ3) is 3.40. The van der Waals surface area contributed by atoms with Crippen LogP contribution in [0.4, 0.5) is 4.39 Å². The highest BCUT2D eigenvalue weighted by atomic mass is 19.1. The van der Waals surface area contributed by atoms with Gasteiger partial charge in [0.1, 0.15) is 12.4 Å². The molecule has 1 aromatic rings. The van der Waals surface area contributed by atoms with Crippen molar-refractivity contribution in [1.82, 2.24) is 0 Å². The number of rotatable bonds is 5. The van der Waals surface area contributed by atoms with Crippen LogP contribution in [-0.4, -0.2) is 25.0 Å². The van der Waals surface area contributed by atoms with E-state index in [1.165, 1.54) is 18.2 Å². The van der Waals surface area contributed by atoms with E-state index in [9.17, 15) is 9.18 Å². The predicted octanol–water partition coefficient (Wildman–Crippen LogP) is 1.68. The SMILES string of the molecule is Cc1cc(C(=O)COC(C)CN)ccc1F. The largest absolute Gasteiger partial charge is 0.369 e. The van der Waals surface area contributed by atoms with E-state index in [4.69, 9.17) is 10.5 Å². The smallest absolute Gasteiger partial charge is 0.188 e. The molecule has 1 rings (SSSR count). The molecule has 0 fully saturated rings. The van der Waals surface area contributed by atoms with Crippen LogP contribution in [0.15, 0.2) is 18.2 Å². The molecular weight excluding hydrogens is 209 g/mol. The summed E-state index contributed by atoms with van der Waals surface area (Å²) in [7, 11) is 0. The van der Waals surface area contributed by atoms with Gasteiger partial charge in [0.25, 0.3) is 0 Å². The van der Waals surface area contributed by atoms with E-state index in [1.54, 1.807) is 13.8 Å². The summed E-state index contributed by atoms with van der Waals surface area (Å²) in [5, 5.41) is 0. The Bertz CT molecular complexity index is 379. The number of nitrogens with two attached hydrogens (primary N) is 1. The van der Waals surface area contributed by atoms with Gasteiger partial charge in [0.2, 0.25) is 0 Å². The molecule has 88 valence electrons. The predicted molar refractivity (Wildman–Crippen MR) is 59.9 cm³/mol. The van der Waals surface area contributed by atoms with Gasteiger partial charge < -0.3 is 10.5 Å². The van der Waals surface area contributed by atoms with E-state index in [-0.39, 0.29) is 24.3 Å². The van der Waals surface area contributed by atoms with Crippen molar-refractivity contribution in [3.8, 4) is 0 Å². The van der Waals surface area contributed by atoms with Gasteiger partial charge in [0.05, 0.1) is 6.10 Å². The fraction of sp³-hybridized carbons (Fsp3) is 0.417. The van der Waals surface area contributed by atoms with Crippen molar-refractivity contribution in [1.29, 1.82) is 0 Å². The van der Waals surface area contributed by atoms with E-state index in [1.807, 2.05) is 0 Å². The Labute approximate surface area is 94.4 Å². The Morgan fingerprint density at radius 3 is 2.81 bits per heavy atom. The van der Waals surface area contributed by atoms with E-state index >= 15 is 0 Å². The maximum Gasteiger partial charge on any atom is 0.188 e. The summed E-state index contributed by atoms with van der Waals surface area (Å²) in [6.45, 7) is 3.76. The van der Waals surface area contributed by atoms with Crippen LogP contribution >= 0.6 is 0 Å². The third-order valence-electron chi connectivity index (χ3n) is 2.31. The number of ether oxygens (including phenoxy) is 1. The quantitative estimate of drug-likeness (QED) is 0.776. The minimum atomic E-state index is -0.312. The van der Waals surface area contributed by atoms with Crippen LogP contribution in [0.25, 0.3) is 0 Å². The maximum atomic E-state index is 13.0. The number of halogens is 1. The summed E-state index contributed by atoms with van der Waals surface area (Å²) in [5.41, 5.74) is 6.27. The zero-order valence-electron chi connectivity index (χ0n) is 9.50. The van der Waals surface area contributed by atoms with Crippen LogP contribution < -0.4 is 5.73 Å². The van der Waals surface area contributed by atoms with Crippen molar-refractivity contribution in [2.24, 2.45) is 5.73 Å². The van der Waals surface area contributed by atoms with Crippen molar-refractivity contribution in [2.75, 3.05) is 13.2 Å². The molecule has 0 aliphatic heterocycles. The Morgan fingerprint density at radius 2 is 2.25 bits per heavy atom. The van der Waals surface area contributed by atoms with Crippen molar-refractivity contribution in [2.45, 2.75) is 20.0 Å². The zero-order valence-corrected chi connectivity index (χ0v) is 9.50. The lowest BCUT2D eigenvalue weighted by Crippen LogP contribution is -2.23. The Hall–Kier alpha value is -1.26. The first kappa shape index (κ1) is 12.8. The van der Waals surface area contributed by atoms with Crippen molar-refractivity contribution in [3.05, 3.63) is 35.1 Å². The number of hydrogen-bond acceptors (Lipinski definition) is 3. The van der Waals surface area contributed by atoms with Gasteiger partial charge in [-0.3, -0.25) is 4.79 Å². The Morgan fingerprint density at radius 1 is 1.56 bits per heavy atom. The zero-order chi connectivity index (χ0) is 12.1. The fourth-order valence-electron chi connectivity index (χ4n) is 1.19. The molecule has 0 aromatic heterocycles. The second kappa shape index (κ2) is 5.72. The molecule has 1 unspecified atom stereocenters. The number of carbonyl (C=O) groups excluding carboxylic acids is 1. The molecule has 0 spiro atoms. The lowest BCUT2D eigenvalue weighted by molar-refractivity contribution is 0.0554. The Balaban J connectivity index is 2.63. The molecule has 0 saturated carbocycles. The monoisotopic (exact) mass is 225 g/mol. The van der Waals surface area contributed by atoms with E-state index in [2.05, 4.69) is 0 Å². The van der Waals surface area contributed by atoms with E-state index in [0.29, 0.717) is 17.7 Å². The minimum absolute atomic E-state index is 0.0244. The summed E-state index contributed by atoms with van der Waals surface area (Å²) in [6.07, 6.45) is -0.148. The highest BCUT2D eigenvalue weighted by molar-refractivity contribution is 5.97. The van der Waals surface area contributed by atoms with Crippen molar-refractivity contribution in [3.63, 3.8) is 0 Å². The molecule has 4 heteroatoms. The number of carbonyl (C=O) groups is 1. The minimum Gasteiger partial charge on any atom is -0.369 e. The van der Waals surface area contributed by atoms with Crippen molar-refractivity contribution >= 4 is 5.78 Å². The lowest BCUT2D eigenvalue weighted by atomic mass is 10.1. The molecule has 3 nitrogen and oxygen atoms in total. The number of ketones is 1. The molecule has 0 heterocycles. The molecule has 0 aliphatic rings. The molecule has 1 aromatic carbocycles. The average Bonchev–Trinajstić information content (AvgIpc) is 2.29. The van der Waals surface area contributed by atoms with Gasteiger partial charge in [-0.05, 0) is 37.6 Å². The van der Waals surface area contributed by atoms with Gasteiger partial charge in [0.15, 0.2) is 5.78 Å². The molecule has 0 radical (unpaired) electrons. The van der Waals surface area contributed by atoms with E-state index in [0.717, 1.165) is 0 Å². The fourth-order valence-corrected chi connectivity index (χ4v) is 1.19. The molecule has 0 bridgehead atoms. The van der Waals surface area contributed by atoms with Crippen LogP contribution in [0.3, 0.4) is 0 Å². The number of benzene rings is 1. The standard InChI is InChI=1S/C12H16FNO2/c1-8-5-10(3-4-11(8)13)12(15)7-16-9(2)6-14/h3-5,9H,6-7,14H2,1-2H3. The summed E-state index contributed by atoms with van der Waals surface area (Å²) < 4.78 is 18.2. The molecule has 0 amide bonds. The van der Waals surface area contributed by atoms with Crippen LogP contribution in [-0.2, 0) is 4.74 Å². The van der Waals surface area contributed by atoms with Crippen molar-refractivity contribution < 1.29 is 13.9 Å². The number of aryl methyl sites for hydroxylation is 1. The molecule has 0 aliphatic carbocycles. The third-order valence-corrected chi connectivity index (χ3v) is 2.31. The first-order valence-electron chi connectivity index (χ1n) is 5.15. The topological polar surface area (TPSA) is 52.3 Å². The normalized spacial score (nSPS) is 12.5. The highest BCUT2D eigenvalue weighted by Crippen LogP contribution is 2.10. The average molecular weight is 225 g/mol. The highest BCUT2D eigenvalue weighted by Gasteiger charge is 2.09. The number of Topliss-reactive ketones (excluding diaryl/α,β-unsaturated/α-hetero) is 1. The van der Waals surface area contributed by atoms with Gasteiger partial charge in [-0.1, -0.05) is 0 Å². The van der Waals surface area contributed by atoms with Gasteiger partial charge in [-0.2, -0.15) is 0 Å². The molecule has 16 heavy (non-hydrogen) atoms. The van der Waals surface area contributed by atoms with Gasteiger partial charge in [-0.25, -0.2) is 4.39 Å². The lowest BCUT2D eigenvalue weighted by Gasteiger charge is -2.09. The van der Waals surface area contributed by atoms with Gasteiger partial charge in [0, 0.05) is 12.1 Å². The molecule has 0 saturated heterocycles. The van der Waals surface area contributed by atoms with Crippen LogP contribution in [0.2, 0.25) is 0 Å².